The minimum Gasteiger partial charge on any atom is -0.871 e. The Balaban J connectivity index is 0.00000267. The zero-order valence-electron chi connectivity index (χ0n) is 20.2. The van der Waals surface area contributed by atoms with Gasteiger partial charge in [-0.2, -0.15) is 21.9 Å². The summed E-state index contributed by atoms with van der Waals surface area (Å²) in [6, 6.07) is 14.5. The quantitative estimate of drug-likeness (QED) is 0.129. The second kappa shape index (κ2) is 12.8. The molecular formula is C22H14N4Na2O9S2. The molecule has 0 spiro atoms. The summed E-state index contributed by atoms with van der Waals surface area (Å²) in [6.45, 7) is 0. The average Bonchev–Trinajstić information content (AvgIpc) is 2.82. The number of fused-ring (bicyclic) bond motifs is 1. The molecule has 0 saturated heterocycles. The van der Waals surface area contributed by atoms with Crippen molar-refractivity contribution in [2.75, 3.05) is 0 Å². The molecule has 0 aliphatic heterocycles. The van der Waals surface area contributed by atoms with E-state index in [1.807, 2.05) is 0 Å². The smallest absolute Gasteiger partial charge is 0.871 e. The van der Waals surface area contributed by atoms with Crippen LogP contribution in [0.2, 0.25) is 0 Å². The van der Waals surface area contributed by atoms with Gasteiger partial charge in [0.15, 0.2) is 0 Å². The molecule has 0 bridgehead atoms. The first-order valence-electron chi connectivity index (χ1n) is 10.0. The molecular weight excluding hydrogens is 574 g/mol. The van der Waals surface area contributed by atoms with Crippen molar-refractivity contribution in [1.29, 1.82) is 0 Å². The number of para-hydroxylation sites is 1. The van der Waals surface area contributed by atoms with Gasteiger partial charge in [0.2, 0.25) is 0 Å². The van der Waals surface area contributed by atoms with Crippen LogP contribution in [0.1, 0.15) is 0 Å². The van der Waals surface area contributed by atoms with E-state index in [-0.39, 0.29) is 76.2 Å². The molecule has 4 aromatic carbocycles. The largest absolute Gasteiger partial charge is 1.00 e. The van der Waals surface area contributed by atoms with Crippen molar-refractivity contribution in [3.05, 3.63) is 66.7 Å². The van der Waals surface area contributed by atoms with E-state index in [0.29, 0.717) is 12.1 Å². The van der Waals surface area contributed by atoms with Gasteiger partial charge in [-0.3, -0.25) is 9.11 Å². The monoisotopic (exact) mass is 588 g/mol. The minimum atomic E-state index is -5.15. The number of hydrogen-bond acceptors (Lipinski definition) is 11. The van der Waals surface area contributed by atoms with E-state index in [9.17, 15) is 41.3 Å². The van der Waals surface area contributed by atoms with Gasteiger partial charge in [0.05, 0.1) is 17.1 Å². The Bertz CT molecular complexity index is 1820. The van der Waals surface area contributed by atoms with Crippen LogP contribution in [0.25, 0.3) is 10.8 Å². The van der Waals surface area contributed by atoms with Gasteiger partial charge in [-0.1, -0.05) is 41.8 Å². The number of hydrogen-bond donors (Lipinski definition) is 3. The summed E-state index contributed by atoms with van der Waals surface area (Å²) in [7, 11) is -10.3. The maximum absolute atomic E-state index is 13.2. The standard InChI is InChI=1S/C22H16N4O9S2.2Na/c27-15-9-5-4-8-14(15)24-26-20-17(37(33,34)35)11-12-10-16(36(30,31)32)19(21(28)18(12)22(20)29)25-23-13-6-2-1-3-7-13;;/h1-11,27-29H,(H,30,31,32)(H,33,34,35);;/q;2*+1/p-2. The van der Waals surface area contributed by atoms with E-state index in [0.717, 1.165) is 0 Å². The van der Waals surface area contributed by atoms with Crippen LogP contribution in [-0.4, -0.2) is 31.0 Å². The van der Waals surface area contributed by atoms with E-state index in [1.165, 1.54) is 36.4 Å². The van der Waals surface area contributed by atoms with Crippen molar-refractivity contribution in [1.82, 2.24) is 0 Å². The molecule has 0 aliphatic rings. The Morgan fingerprint density at radius 2 is 1.10 bits per heavy atom. The number of rotatable bonds is 6. The molecule has 0 radical (unpaired) electrons. The summed E-state index contributed by atoms with van der Waals surface area (Å²) in [4.78, 5) is -2.14. The molecule has 190 valence electrons. The summed E-state index contributed by atoms with van der Waals surface area (Å²) in [5.74, 6) is -3.01. The molecule has 0 aliphatic carbocycles. The third kappa shape index (κ3) is 7.20. The Kier molecular flexibility index (Phi) is 10.8. The van der Waals surface area contributed by atoms with Crippen molar-refractivity contribution in [2.45, 2.75) is 9.79 Å². The minimum absolute atomic E-state index is 0. The molecule has 39 heavy (non-hydrogen) atoms. The van der Waals surface area contributed by atoms with Gasteiger partial charge < -0.3 is 15.3 Å². The number of phenols is 1. The fourth-order valence-electron chi connectivity index (χ4n) is 3.27. The van der Waals surface area contributed by atoms with Crippen molar-refractivity contribution < 1.29 is 100 Å². The predicted molar refractivity (Wildman–Crippen MR) is 125 cm³/mol. The summed E-state index contributed by atoms with van der Waals surface area (Å²) in [6.07, 6.45) is 0. The Hall–Kier alpha value is -2.44. The van der Waals surface area contributed by atoms with Crippen molar-refractivity contribution >= 4 is 53.8 Å². The second-order valence-corrected chi connectivity index (χ2v) is 10.2. The first-order valence-corrected chi connectivity index (χ1v) is 12.9. The number of aromatic hydroxyl groups is 1. The number of phenolic OH excluding ortho intramolecular Hbond substituents is 1. The molecule has 17 heteroatoms. The zero-order valence-corrected chi connectivity index (χ0v) is 25.9. The van der Waals surface area contributed by atoms with Gasteiger partial charge in [0.1, 0.15) is 21.2 Å². The number of benzene rings is 4. The number of nitrogens with zero attached hydrogens (tertiary/aromatic N) is 4. The van der Waals surface area contributed by atoms with Crippen molar-refractivity contribution in [2.24, 2.45) is 20.5 Å². The molecule has 13 nitrogen and oxygen atoms in total. The molecule has 4 rings (SSSR count). The second-order valence-electron chi connectivity index (χ2n) is 7.38. The Morgan fingerprint density at radius 3 is 1.59 bits per heavy atom. The molecule has 3 N–H and O–H groups in total. The van der Waals surface area contributed by atoms with Gasteiger partial charge in [-0.05, 0) is 47.2 Å². The molecule has 0 heterocycles. The first kappa shape index (κ1) is 32.8. The fourth-order valence-corrected chi connectivity index (χ4v) is 4.58. The van der Waals surface area contributed by atoms with E-state index >= 15 is 0 Å². The fraction of sp³-hybridized carbons (Fsp3) is 0. The zero-order chi connectivity index (χ0) is 27.0. The van der Waals surface area contributed by atoms with Crippen molar-refractivity contribution in [3.63, 3.8) is 0 Å². The molecule has 4 aromatic rings. The van der Waals surface area contributed by atoms with Gasteiger partial charge in [-0.25, -0.2) is 0 Å². The van der Waals surface area contributed by atoms with E-state index in [2.05, 4.69) is 20.5 Å². The Labute approximate surface area is 266 Å². The van der Waals surface area contributed by atoms with E-state index < -0.39 is 63.7 Å². The first-order chi connectivity index (χ1) is 17.4. The van der Waals surface area contributed by atoms with Gasteiger partial charge in [0.25, 0.3) is 20.2 Å². The summed E-state index contributed by atoms with van der Waals surface area (Å²) >= 11 is 0. The molecule has 0 amide bonds. The maximum atomic E-state index is 13.2. The van der Waals surface area contributed by atoms with Crippen LogP contribution in [-0.2, 0) is 20.2 Å². The molecule has 0 saturated carbocycles. The third-order valence-electron chi connectivity index (χ3n) is 4.93. The van der Waals surface area contributed by atoms with Gasteiger partial charge in [0, 0.05) is 0 Å². The average molecular weight is 588 g/mol. The molecule has 0 fully saturated rings. The maximum Gasteiger partial charge on any atom is 1.00 e. The van der Waals surface area contributed by atoms with Crippen LogP contribution >= 0.6 is 0 Å². The van der Waals surface area contributed by atoms with Crippen LogP contribution in [0.15, 0.2) is 97.0 Å². The summed E-state index contributed by atoms with van der Waals surface area (Å²) < 4.78 is 67.4. The third-order valence-corrected chi connectivity index (χ3v) is 6.66. The summed E-state index contributed by atoms with van der Waals surface area (Å²) in [5, 5.41) is 49.5. The molecule has 0 unspecified atom stereocenters. The van der Waals surface area contributed by atoms with E-state index in [4.69, 9.17) is 0 Å². The molecule has 0 aromatic heterocycles. The van der Waals surface area contributed by atoms with Crippen LogP contribution in [0.4, 0.5) is 22.7 Å². The van der Waals surface area contributed by atoms with Gasteiger partial charge >= 0.3 is 59.1 Å². The SMILES string of the molecule is O=S(=O)(O)c1cc2cc(S(=O)(=O)O)c(N=Nc3ccccc3O)c([O-])c2c([O-])c1N=Nc1ccccc1.[Na+].[Na+]. The topological polar surface area (TPSA) is 225 Å². The Morgan fingerprint density at radius 1 is 0.641 bits per heavy atom. The van der Waals surface area contributed by atoms with Crippen LogP contribution in [0.3, 0.4) is 0 Å². The van der Waals surface area contributed by atoms with Crippen LogP contribution < -0.4 is 69.3 Å². The molecule has 0 atom stereocenters. The van der Waals surface area contributed by atoms with Crippen LogP contribution in [0, 0.1) is 0 Å². The van der Waals surface area contributed by atoms with E-state index in [1.54, 1.807) is 18.2 Å². The normalized spacial score (nSPS) is 11.9. The summed E-state index contributed by atoms with van der Waals surface area (Å²) in [5.41, 5.74) is -1.85. The van der Waals surface area contributed by atoms with Crippen molar-refractivity contribution in [3.8, 4) is 17.2 Å². The number of azo groups is 2. The predicted octanol–water partition coefficient (Wildman–Crippen LogP) is -1.98. The van der Waals surface area contributed by atoms with Gasteiger partial charge in [-0.15, -0.1) is 15.3 Å². The van der Waals surface area contributed by atoms with Crippen LogP contribution in [0.5, 0.6) is 17.2 Å².